The largest absolute Gasteiger partial charge is 0.239 e. The minimum absolute atomic E-state index is 0.308. The first-order valence-corrected chi connectivity index (χ1v) is 25.7. The van der Waals surface area contributed by atoms with E-state index < -0.39 is 345 Å². The van der Waals surface area contributed by atoms with Gasteiger partial charge in [-0.3, -0.25) is 0 Å². The van der Waals surface area contributed by atoms with E-state index in [2.05, 4.69) is 0 Å². The Labute approximate surface area is 531 Å². The number of hydrogen-bond acceptors (Lipinski definition) is 0. The molecule has 0 saturated carbocycles. The van der Waals surface area contributed by atoms with Crippen LogP contribution < -0.4 is 0 Å². The highest BCUT2D eigenvalue weighted by Gasteiger charge is 2.50. The van der Waals surface area contributed by atoms with Crippen molar-refractivity contribution in [2.45, 2.75) is 19.0 Å². The van der Waals surface area contributed by atoms with Crippen LogP contribution in [0.2, 0.25) is 0 Å². The molecule has 10 rings (SSSR count). The topological polar surface area (TPSA) is 0 Å². The summed E-state index contributed by atoms with van der Waals surface area (Å²) in [6.45, 7) is -0.308. The summed E-state index contributed by atoms with van der Waals surface area (Å²) >= 11 is 0. The van der Waals surface area contributed by atoms with Crippen LogP contribution in [0.3, 0.4) is 0 Å². The molecule has 536 valence electrons. The molecule has 102 heavy (non-hydrogen) atoms. The molecule has 0 aliphatic heterocycles. The molecule has 0 N–H and O–H groups in total. The maximum absolute atomic E-state index is 18.0. The summed E-state index contributed by atoms with van der Waals surface area (Å²) in [5, 5.41) is 0. The zero-order chi connectivity index (χ0) is 76.6. The lowest BCUT2D eigenvalue weighted by atomic mass is 9.79. The number of benzene rings is 9. The maximum Gasteiger partial charge on any atom is 0.200 e. The lowest BCUT2D eigenvalue weighted by Crippen LogP contribution is -2.26. The van der Waals surface area contributed by atoms with Crippen molar-refractivity contribution >= 4 is 5.57 Å². The van der Waals surface area contributed by atoms with Gasteiger partial charge in [-0.05, 0) is 12.5 Å². The SMILES string of the molecule is Cc1c(F)c(-c2c(F)c(-c3c(F)c(F)c(-c4c(F)c(F)c(F)c(F)c4F)c(F)c3F)c(F)c(-c3c(F)c(-c4c(F)c(F)c(-c5c(F)c(F)c(F)c(F)c5F)c(F)c4F)c(F)c(C4C(F)=C(F)C(c5c(F)c(F)c(F)c(F)c5F)=C(F)C4F)c3F)c2F)c(F)c(F)c1-c1c(F)c(F)c(F)c(F)c1F. The average Bonchev–Trinajstić information content (AvgIpc) is 0.705. The summed E-state index contributed by atoms with van der Waals surface area (Å²) in [6.07, 6.45) is -5.17. The highest BCUT2D eigenvalue weighted by Crippen LogP contribution is 2.56. The van der Waals surface area contributed by atoms with Gasteiger partial charge in [-0.2, -0.15) is 0 Å². The number of hydrogen-bond donors (Lipinski definition) is 0. The van der Waals surface area contributed by atoms with Crippen molar-refractivity contribution in [2.75, 3.05) is 0 Å². The number of halogens is 41. The van der Waals surface area contributed by atoms with E-state index in [1.807, 2.05) is 0 Å². The van der Waals surface area contributed by atoms with E-state index in [0.29, 0.717) is 0 Å². The van der Waals surface area contributed by atoms with Crippen molar-refractivity contribution < 1.29 is 180 Å². The van der Waals surface area contributed by atoms with Crippen molar-refractivity contribution in [3.05, 3.63) is 249 Å². The smallest absolute Gasteiger partial charge is 0.200 e. The molecule has 9 aromatic carbocycles. The first-order valence-electron chi connectivity index (χ1n) is 25.7. The normalized spacial score (nSPS) is 14.3. The van der Waals surface area contributed by atoms with Gasteiger partial charge in [0.05, 0.1) is 89.4 Å². The van der Waals surface area contributed by atoms with E-state index in [1.54, 1.807) is 0 Å². The second kappa shape index (κ2) is 25.3. The van der Waals surface area contributed by atoms with Crippen LogP contribution in [0, 0.1) is 222 Å². The van der Waals surface area contributed by atoms with E-state index in [4.69, 9.17) is 0 Å². The fourth-order valence-electron chi connectivity index (χ4n) is 10.7. The second-order valence-corrected chi connectivity index (χ2v) is 20.5. The predicted molar refractivity (Wildman–Crippen MR) is 259 cm³/mol. The molecule has 1 aliphatic carbocycles. The van der Waals surface area contributed by atoms with E-state index in [-0.39, 0.29) is 6.92 Å². The zero-order valence-electron chi connectivity index (χ0n) is 46.7. The van der Waals surface area contributed by atoms with Crippen molar-refractivity contribution in [2.24, 2.45) is 0 Å². The van der Waals surface area contributed by atoms with Crippen molar-refractivity contribution in [3.63, 3.8) is 0 Å². The van der Waals surface area contributed by atoms with Gasteiger partial charge in [-0.1, -0.05) is 0 Å². The Balaban J connectivity index is 1.45. The van der Waals surface area contributed by atoms with Crippen LogP contribution in [-0.4, -0.2) is 6.17 Å². The molecular formula is C61H5F41. The van der Waals surface area contributed by atoms with Crippen molar-refractivity contribution in [1.29, 1.82) is 0 Å². The van der Waals surface area contributed by atoms with E-state index in [1.165, 1.54) is 0 Å². The Morgan fingerprint density at radius 2 is 0.314 bits per heavy atom. The molecule has 0 saturated heterocycles. The molecule has 0 spiro atoms. The molecule has 9 aromatic rings. The molecule has 0 bridgehead atoms. The molecular weight excluding hydrogens is 1510 g/mol. The number of rotatable bonds is 9. The zero-order valence-corrected chi connectivity index (χ0v) is 46.7. The van der Waals surface area contributed by atoms with Gasteiger partial charge in [0.25, 0.3) is 0 Å². The van der Waals surface area contributed by atoms with Crippen LogP contribution in [0.5, 0.6) is 0 Å². The molecule has 0 aromatic heterocycles. The minimum atomic E-state index is -5.17. The Morgan fingerprint density at radius 3 is 0.549 bits per heavy atom. The van der Waals surface area contributed by atoms with E-state index >= 15 is 127 Å². The van der Waals surface area contributed by atoms with Gasteiger partial charge in [0.2, 0.25) is 23.3 Å². The molecule has 0 nitrogen and oxygen atoms in total. The van der Waals surface area contributed by atoms with Gasteiger partial charge in [0, 0.05) is 11.1 Å². The third-order valence-electron chi connectivity index (χ3n) is 15.4. The highest BCUT2D eigenvalue weighted by molar-refractivity contribution is 5.90. The molecule has 41 heteroatoms. The third kappa shape index (κ3) is 9.97. The van der Waals surface area contributed by atoms with Crippen LogP contribution in [0.25, 0.3) is 83.5 Å². The van der Waals surface area contributed by atoms with Crippen molar-refractivity contribution in [1.82, 2.24) is 0 Å². The van der Waals surface area contributed by atoms with Gasteiger partial charge < -0.3 is 0 Å². The lowest BCUT2D eigenvalue weighted by molar-refractivity contribution is 0.259. The van der Waals surface area contributed by atoms with Crippen LogP contribution in [0.4, 0.5) is 180 Å². The van der Waals surface area contributed by atoms with Crippen LogP contribution in [0.1, 0.15) is 22.6 Å². The summed E-state index contributed by atoms with van der Waals surface area (Å²) in [7, 11) is 0. The van der Waals surface area contributed by atoms with E-state index in [0.717, 1.165) is 0 Å². The number of allylic oxidation sites excluding steroid dienone is 4. The van der Waals surface area contributed by atoms with Gasteiger partial charge in [-0.25, -0.2) is 180 Å². The van der Waals surface area contributed by atoms with Gasteiger partial charge in [-0.15, -0.1) is 0 Å². The van der Waals surface area contributed by atoms with Crippen LogP contribution in [0.15, 0.2) is 17.5 Å². The Bertz CT molecular complexity index is 5060. The molecule has 0 fully saturated rings. The summed E-state index contributed by atoms with van der Waals surface area (Å²) in [5.74, 6) is -151. The molecule has 2 unspecified atom stereocenters. The lowest BCUT2D eigenvalue weighted by Gasteiger charge is -2.29. The quantitative estimate of drug-likeness (QED) is 0.0768. The second-order valence-electron chi connectivity index (χ2n) is 20.5. The summed E-state index contributed by atoms with van der Waals surface area (Å²) < 4.78 is 647. The first kappa shape index (κ1) is 74.3. The first-order chi connectivity index (χ1) is 47.2. The van der Waals surface area contributed by atoms with E-state index in [9.17, 15) is 52.7 Å². The molecule has 2 atom stereocenters. The fourth-order valence-corrected chi connectivity index (χ4v) is 10.7. The highest BCUT2D eigenvalue weighted by atomic mass is 19.2. The monoisotopic (exact) mass is 1520 g/mol. The summed E-state index contributed by atoms with van der Waals surface area (Å²) in [6, 6.07) is 0. The Hall–Kier alpha value is -10.4. The Morgan fingerprint density at radius 1 is 0.157 bits per heavy atom. The van der Waals surface area contributed by atoms with Crippen LogP contribution >= 0.6 is 0 Å². The number of alkyl halides is 1. The molecule has 0 radical (unpaired) electrons. The third-order valence-corrected chi connectivity index (χ3v) is 15.4. The van der Waals surface area contributed by atoms with Gasteiger partial charge in [0.1, 0.15) is 52.4 Å². The van der Waals surface area contributed by atoms with Gasteiger partial charge in [0.15, 0.2) is 163 Å². The van der Waals surface area contributed by atoms with Crippen molar-refractivity contribution in [3.8, 4) is 77.9 Å². The standard InChI is InChI=1S/C61H5F41/c1-2-3(4-42(83)50(91)58(99)51(92)43(4)84)28(69)29(70)5(21(2)62)6-22(63)7(24(65)9(23(6)64)12-30(71)36(77)15(37(78)31(12)72)18-44(85)52(93)59(100)53(94)45(18)86)8-25(66)10(13-32(73)38(79)16(39(80)33(13)74)19-46(87)54(95)60(101)55(96)47(19)88)27(68)11(26(8)67)14-34(75)40(81)17(41(82)35(14)76)20-48(89)56(97)61(102)57(98)49(20)90/h13,32H,1H3. The minimum Gasteiger partial charge on any atom is -0.239 e. The molecule has 0 heterocycles. The van der Waals surface area contributed by atoms with Gasteiger partial charge >= 0.3 is 0 Å². The summed E-state index contributed by atoms with van der Waals surface area (Å²) in [5.41, 5.74) is -61.4. The molecule has 1 aliphatic rings. The molecule has 0 amide bonds. The summed E-state index contributed by atoms with van der Waals surface area (Å²) in [4.78, 5) is 0. The average molecular weight is 1520 g/mol. The predicted octanol–water partition coefficient (Wildman–Crippen LogP) is 22.8. The Kier molecular flexibility index (Phi) is 18.4. The van der Waals surface area contributed by atoms with Crippen LogP contribution in [-0.2, 0) is 0 Å². The maximum atomic E-state index is 18.0. The fraction of sp³-hybridized carbons (Fsp3) is 0.0492.